The summed E-state index contributed by atoms with van der Waals surface area (Å²) in [5.41, 5.74) is 2.58. The summed E-state index contributed by atoms with van der Waals surface area (Å²) in [5, 5.41) is 13.9. The third-order valence-corrected chi connectivity index (χ3v) is 7.76. The average Bonchev–Trinajstić information content (AvgIpc) is 3.25. The van der Waals surface area contributed by atoms with E-state index in [4.69, 9.17) is 4.74 Å². The molecule has 1 aromatic heterocycles. The molecule has 0 saturated heterocycles. The van der Waals surface area contributed by atoms with Crippen LogP contribution < -0.4 is 10.6 Å². The predicted octanol–water partition coefficient (Wildman–Crippen LogP) is 4.30. The van der Waals surface area contributed by atoms with Gasteiger partial charge in [-0.25, -0.2) is 4.79 Å². The number of hydrogen-bond donors (Lipinski definition) is 2. The summed E-state index contributed by atoms with van der Waals surface area (Å²) in [6, 6.07) is 12.4. The number of fused-ring (bicyclic) bond motifs is 1. The number of methoxy groups -OCH3 is 1. The minimum Gasteiger partial charge on any atom is -0.465 e. The van der Waals surface area contributed by atoms with Gasteiger partial charge in [0.25, 0.3) is 5.91 Å². The first-order valence-electron chi connectivity index (χ1n) is 9.49. The Morgan fingerprint density at radius 2 is 1.91 bits per heavy atom. The number of amides is 2. The van der Waals surface area contributed by atoms with Gasteiger partial charge in [0.05, 0.1) is 23.6 Å². The normalized spacial score (nSPS) is 14.9. The Balaban J connectivity index is 1.35. The molecule has 0 spiro atoms. The van der Waals surface area contributed by atoms with E-state index in [0.29, 0.717) is 32.0 Å². The van der Waals surface area contributed by atoms with Crippen molar-refractivity contribution in [3.8, 4) is 0 Å². The van der Waals surface area contributed by atoms with E-state index in [1.54, 1.807) is 24.3 Å². The van der Waals surface area contributed by atoms with Gasteiger partial charge in [0, 0.05) is 16.2 Å². The molecular formula is C21H18N4O4S3. The molecule has 4 rings (SSSR count). The third kappa shape index (κ3) is 5.12. The van der Waals surface area contributed by atoms with Crippen molar-refractivity contribution in [1.82, 2.24) is 10.2 Å². The largest absolute Gasteiger partial charge is 0.465 e. The molecule has 8 nitrogen and oxygen atoms in total. The van der Waals surface area contributed by atoms with Crippen molar-refractivity contribution in [2.45, 2.75) is 27.2 Å². The second-order valence-corrected chi connectivity index (χ2v) is 10.3. The van der Waals surface area contributed by atoms with E-state index in [0.717, 1.165) is 10.5 Å². The Morgan fingerprint density at radius 3 is 2.66 bits per heavy atom. The lowest BCUT2D eigenvalue weighted by molar-refractivity contribution is -0.115. The highest BCUT2D eigenvalue weighted by molar-refractivity contribution is 8.01. The first kappa shape index (κ1) is 22.3. The molecule has 2 N–H and O–H groups in total. The van der Waals surface area contributed by atoms with Gasteiger partial charge in [-0.2, -0.15) is 0 Å². The first-order chi connectivity index (χ1) is 15.4. The third-order valence-electron chi connectivity index (χ3n) is 4.54. The van der Waals surface area contributed by atoms with Crippen molar-refractivity contribution in [2.75, 3.05) is 17.7 Å². The van der Waals surface area contributed by atoms with Crippen LogP contribution in [0.15, 0.2) is 51.7 Å². The van der Waals surface area contributed by atoms with Gasteiger partial charge in [-0.15, -0.1) is 22.0 Å². The Morgan fingerprint density at radius 1 is 1.16 bits per heavy atom. The lowest BCUT2D eigenvalue weighted by atomic mass is 10.1. The molecule has 164 valence electrons. The number of carbonyl (C=O) groups excluding carboxylic acids is 3. The Hall–Kier alpha value is -2.89. The number of hydrogen-bond acceptors (Lipinski definition) is 9. The maximum atomic E-state index is 12.6. The highest BCUT2D eigenvalue weighted by Gasteiger charge is 2.24. The van der Waals surface area contributed by atoms with Crippen molar-refractivity contribution in [3.05, 3.63) is 59.2 Å². The van der Waals surface area contributed by atoms with Gasteiger partial charge in [0.2, 0.25) is 11.0 Å². The van der Waals surface area contributed by atoms with Crippen LogP contribution in [0.25, 0.3) is 0 Å². The lowest BCUT2D eigenvalue weighted by Gasteiger charge is -2.21. The van der Waals surface area contributed by atoms with Crippen LogP contribution in [0.4, 0.5) is 10.8 Å². The SMILES string of the molecule is COC(=O)c1ccc(CSc2nnc(NC(=O)c3ccc4c(c3)NC(=O)C(C)S4)s2)cc1. The summed E-state index contributed by atoms with van der Waals surface area (Å²) in [5.74, 6) is -0.129. The summed E-state index contributed by atoms with van der Waals surface area (Å²) < 4.78 is 5.40. The topological polar surface area (TPSA) is 110 Å². The number of thioether (sulfide) groups is 2. The quantitative estimate of drug-likeness (QED) is 0.301. The van der Waals surface area contributed by atoms with E-state index in [2.05, 4.69) is 20.8 Å². The minimum absolute atomic E-state index is 0.0780. The van der Waals surface area contributed by atoms with E-state index in [1.165, 1.54) is 42.0 Å². The van der Waals surface area contributed by atoms with Gasteiger partial charge < -0.3 is 10.1 Å². The summed E-state index contributed by atoms with van der Waals surface area (Å²) in [4.78, 5) is 36.9. The highest BCUT2D eigenvalue weighted by Crippen LogP contribution is 2.36. The van der Waals surface area contributed by atoms with E-state index >= 15 is 0 Å². The number of rotatable bonds is 6. The molecule has 1 aliphatic rings. The zero-order chi connectivity index (χ0) is 22.7. The standard InChI is InChI=1S/C21H18N4O4S3/c1-11-17(26)22-15-9-14(7-8-16(15)31-11)18(27)23-20-24-25-21(32-20)30-10-12-3-5-13(6-4-12)19(28)29-2/h3-9,11H,10H2,1-2H3,(H,22,26)(H,23,24,27). The number of nitrogens with one attached hydrogen (secondary N) is 2. The number of carbonyl (C=O) groups is 3. The lowest BCUT2D eigenvalue weighted by Crippen LogP contribution is -2.26. The van der Waals surface area contributed by atoms with Gasteiger partial charge in [-0.1, -0.05) is 35.2 Å². The zero-order valence-electron chi connectivity index (χ0n) is 17.1. The Kier molecular flexibility index (Phi) is 6.77. The molecule has 2 heterocycles. The van der Waals surface area contributed by atoms with Crippen LogP contribution in [-0.2, 0) is 15.3 Å². The monoisotopic (exact) mass is 486 g/mol. The van der Waals surface area contributed by atoms with Crippen molar-refractivity contribution >= 4 is 63.5 Å². The fourth-order valence-electron chi connectivity index (χ4n) is 2.84. The number of anilines is 2. The van der Waals surface area contributed by atoms with Crippen molar-refractivity contribution in [1.29, 1.82) is 0 Å². The van der Waals surface area contributed by atoms with Gasteiger partial charge in [-0.05, 0) is 42.8 Å². The average molecular weight is 487 g/mol. The summed E-state index contributed by atoms with van der Waals surface area (Å²) in [6.45, 7) is 1.84. The predicted molar refractivity (Wildman–Crippen MR) is 126 cm³/mol. The van der Waals surface area contributed by atoms with Gasteiger partial charge in [0.1, 0.15) is 0 Å². The van der Waals surface area contributed by atoms with Crippen LogP contribution in [-0.4, -0.2) is 40.3 Å². The van der Waals surface area contributed by atoms with E-state index in [-0.39, 0.29) is 23.0 Å². The first-order valence-corrected chi connectivity index (χ1v) is 12.2. The molecule has 1 unspecified atom stereocenters. The fourth-order valence-corrected chi connectivity index (χ4v) is 5.47. The smallest absolute Gasteiger partial charge is 0.337 e. The zero-order valence-corrected chi connectivity index (χ0v) is 19.5. The van der Waals surface area contributed by atoms with Crippen molar-refractivity contribution in [3.63, 3.8) is 0 Å². The van der Waals surface area contributed by atoms with E-state index in [9.17, 15) is 14.4 Å². The molecule has 0 bridgehead atoms. The minimum atomic E-state index is -0.372. The summed E-state index contributed by atoms with van der Waals surface area (Å²) >= 11 is 4.23. The maximum Gasteiger partial charge on any atom is 0.337 e. The molecule has 0 fully saturated rings. The number of esters is 1. The molecule has 0 saturated carbocycles. The number of aromatic nitrogens is 2. The fraction of sp³-hybridized carbons (Fsp3) is 0.190. The molecule has 2 amide bonds. The van der Waals surface area contributed by atoms with Gasteiger partial charge in [-0.3, -0.25) is 14.9 Å². The van der Waals surface area contributed by atoms with Crippen LogP contribution in [0.3, 0.4) is 0 Å². The molecule has 3 aromatic rings. The van der Waals surface area contributed by atoms with Gasteiger partial charge >= 0.3 is 5.97 Å². The van der Waals surface area contributed by atoms with Crippen LogP contribution in [0.1, 0.15) is 33.2 Å². The second-order valence-electron chi connectivity index (χ2n) is 6.76. The molecular weight excluding hydrogens is 468 g/mol. The van der Waals surface area contributed by atoms with Crippen LogP contribution in [0.5, 0.6) is 0 Å². The molecule has 1 aliphatic heterocycles. The molecule has 11 heteroatoms. The molecule has 1 atom stereocenters. The van der Waals surface area contributed by atoms with Gasteiger partial charge in [0.15, 0.2) is 4.34 Å². The Labute approximate surface area is 196 Å². The summed E-state index contributed by atoms with van der Waals surface area (Å²) in [7, 11) is 1.35. The molecule has 32 heavy (non-hydrogen) atoms. The number of ether oxygens (including phenoxy) is 1. The Bertz CT molecular complexity index is 1180. The molecule has 0 radical (unpaired) electrons. The van der Waals surface area contributed by atoms with Crippen LogP contribution in [0, 0.1) is 0 Å². The van der Waals surface area contributed by atoms with Crippen molar-refractivity contribution < 1.29 is 19.1 Å². The summed E-state index contributed by atoms with van der Waals surface area (Å²) in [6.07, 6.45) is 0. The maximum absolute atomic E-state index is 12.6. The van der Waals surface area contributed by atoms with E-state index in [1.807, 2.05) is 25.1 Å². The van der Waals surface area contributed by atoms with Crippen LogP contribution in [0.2, 0.25) is 0 Å². The molecule has 2 aromatic carbocycles. The number of nitrogens with zero attached hydrogens (tertiary/aromatic N) is 2. The number of benzene rings is 2. The highest BCUT2D eigenvalue weighted by atomic mass is 32.2. The van der Waals surface area contributed by atoms with Crippen molar-refractivity contribution in [2.24, 2.45) is 0 Å². The van der Waals surface area contributed by atoms with E-state index < -0.39 is 0 Å². The molecule has 0 aliphatic carbocycles. The second kappa shape index (κ2) is 9.72. The van der Waals surface area contributed by atoms with Crippen LogP contribution >= 0.6 is 34.9 Å².